The SMILES string of the molecule is Cc1csc(NCN)n1. The van der Waals surface area contributed by atoms with Crippen LogP contribution in [0.25, 0.3) is 0 Å². The molecule has 4 heteroatoms. The van der Waals surface area contributed by atoms with E-state index in [0.29, 0.717) is 6.67 Å². The molecule has 0 bridgehead atoms. The van der Waals surface area contributed by atoms with Gasteiger partial charge in [-0.25, -0.2) is 4.98 Å². The van der Waals surface area contributed by atoms with E-state index >= 15 is 0 Å². The van der Waals surface area contributed by atoms with Gasteiger partial charge < -0.3 is 11.1 Å². The zero-order valence-corrected chi connectivity index (χ0v) is 6.03. The lowest BCUT2D eigenvalue weighted by Crippen LogP contribution is -2.10. The van der Waals surface area contributed by atoms with E-state index in [-0.39, 0.29) is 0 Å². The summed E-state index contributed by atoms with van der Waals surface area (Å²) < 4.78 is 0. The third kappa shape index (κ3) is 1.65. The minimum atomic E-state index is 0.451. The Labute approximate surface area is 57.9 Å². The molecule has 0 aromatic carbocycles. The molecule has 0 saturated carbocycles. The molecule has 0 fully saturated rings. The van der Waals surface area contributed by atoms with Crippen molar-refractivity contribution >= 4 is 16.5 Å². The molecule has 3 N–H and O–H groups in total. The van der Waals surface area contributed by atoms with Crippen molar-refractivity contribution in [1.82, 2.24) is 4.98 Å². The Balaban J connectivity index is 2.61. The smallest absolute Gasteiger partial charge is 0.183 e. The Morgan fingerprint density at radius 2 is 2.67 bits per heavy atom. The number of hydrogen-bond acceptors (Lipinski definition) is 4. The molecular weight excluding hydrogens is 134 g/mol. The summed E-state index contributed by atoms with van der Waals surface area (Å²) in [5, 5.41) is 5.80. The normalized spacial score (nSPS) is 9.56. The Bertz CT molecular complexity index is 184. The predicted molar refractivity (Wildman–Crippen MR) is 39.5 cm³/mol. The van der Waals surface area contributed by atoms with Crippen molar-refractivity contribution in [2.45, 2.75) is 6.92 Å². The number of hydrogen-bond donors (Lipinski definition) is 2. The Morgan fingerprint density at radius 3 is 3.11 bits per heavy atom. The number of aromatic nitrogens is 1. The highest BCUT2D eigenvalue weighted by Gasteiger charge is 1.92. The first-order valence-corrected chi connectivity index (χ1v) is 3.57. The minimum absolute atomic E-state index is 0.451. The van der Waals surface area contributed by atoms with Crippen LogP contribution < -0.4 is 11.1 Å². The van der Waals surface area contributed by atoms with Crippen LogP contribution in [0.5, 0.6) is 0 Å². The van der Waals surface area contributed by atoms with Crippen LogP contribution in [0.2, 0.25) is 0 Å². The largest absolute Gasteiger partial charge is 0.349 e. The van der Waals surface area contributed by atoms with E-state index in [2.05, 4.69) is 10.3 Å². The summed E-state index contributed by atoms with van der Waals surface area (Å²) in [7, 11) is 0. The van der Waals surface area contributed by atoms with Crippen molar-refractivity contribution in [2.75, 3.05) is 12.0 Å². The van der Waals surface area contributed by atoms with E-state index < -0.39 is 0 Å². The van der Waals surface area contributed by atoms with E-state index in [1.807, 2.05) is 12.3 Å². The first kappa shape index (κ1) is 6.51. The third-order valence-electron chi connectivity index (χ3n) is 0.872. The molecule has 3 nitrogen and oxygen atoms in total. The molecule has 1 rings (SSSR count). The predicted octanol–water partition coefficient (Wildman–Crippen LogP) is 0.780. The monoisotopic (exact) mass is 143 g/mol. The van der Waals surface area contributed by atoms with Crippen LogP contribution in [0.3, 0.4) is 0 Å². The van der Waals surface area contributed by atoms with Crippen LogP contribution in [-0.4, -0.2) is 11.7 Å². The molecule has 1 aromatic heterocycles. The van der Waals surface area contributed by atoms with E-state index in [1.165, 1.54) is 0 Å². The van der Waals surface area contributed by atoms with Crippen molar-refractivity contribution in [3.8, 4) is 0 Å². The van der Waals surface area contributed by atoms with Gasteiger partial charge in [-0.15, -0.1) is 11.3 Å². The molecule has 0 amide bonds. The molecule has 0 saturated heterocycles. The second-order valence-corrected chi connectivity index (χ2v) is 2.53. The van der Waals surface area contributed by atoms with Crippen LogP contribution in [0.4, 0.5) is 5.13 Å². The molecule has 0 aliphatic heterocycles. The highest BCUT2D eigenvalue weighted by Crippen LogP contribution is 2.12. The number of nitrogens with one attached hydrogen (secondary N) is 1. The van der Waals surface area contributed by atoms with E-state index in [0.717, 1.165) is 10.8 Å². The van der Waals surface area contributed by atoms with Gasteiger partial charge in [0.1, 0.15) is 0 Å². The van der Waals surface area contributed by atoms with E-state index in [1.54, 1.807) is 11.3 Å². The second kappa shape index (κ2) is 2.80. The topological polar surface area (TPSA) is 50.9 Å². The van der Waals surface area contributed by atoms with Crippen molar-refractivity contribution in [2.24, 2.45) is 5.73 Å². The van der Waals surface area contributed by atoms with Crippen LogP contribution >= 0.6 is 11.3 Å². The molecule has 50 valence electrons. The van der Waals surface area contributed by atoms with E-state index in [4.69, 9.17) is 5.73 Å². The molecule has 0 aliphatic rings. The molecule has 0 spiro atoms. The number of aryl methyl sites for hydroxylation is 1. The molecule has 0 unspecified atom stereocenters. The minimum Gasteiger partial charge on any atom is -0.349 e. The van der Waals surface area contributed by atoms with Gasteiger partial charge in [0.15, 0.2) is 5.13 Å². The Morgan fingerprint density at radius 1 is 1.89 bits per heavy atom. The molecule has 0 atom stereocenters. The first-order valence-electron chi connectivity index (χ1n) is 2.69. The Hall–Kier alpha value is -0.610. The van der Waals surface area contributed by atoms with Crippen LogP contribution in [0.1, 0.15) is 5.69 Å². The zero-order chi connectivity index (χ0) is 6.69. The highest BCUT2D eigenvalue weighted by atomic mass is 32.1. The summed E-state index contributed by atoms with van der Waals surface area (Å²) in [4.78, 5) is 4.13. The lowest BCUT2D eigenvalue weighted by Gasteiger charge is -1.92. The third-order valence-corrected chi connectivity index (χ3v) is 1.79. The average molecular weight is 143 g/mol. The average Bonchev–Trinajstić information content (AvgIpc) is 2.17. The van der Waals surface area contributed by atoms with Gasteiger partial charge in [0.05, 0.1) is 12.4 Å². The number of nitrogens with two attached hydrogens (primary N) is 1. The summed E-state index contributed by atoms with van der Waals surface area (Å²) in [6, 6.07) is 0. The van der Waals surface area contributed by atoms with Crippen molar-refractivity contribution < 1.29 is 0 Å². The standard InChI is InChI=1S/C5H9N3S/c1-4-2-9-5(8-4)7-3-6/h2H,3,6H2,1H3,(H,7,8). The van der Waals surface area contributed by atoms with Gasteiger partial charge in [0.25, 0.3) is 0 Å². The van der Waals surface area contributed by atoms with Gasteiger partial charge >= 0.3 is 0 Å². The summed E-state index contributed by atoms with van der Waals surface area (Å²) in [5.74, 6) is 0. The molecule has 0 radical (unpaired) electrons. The van der Waals surface area contributed by atoms with Crippen molar-refractivity contribution in [3.63, 3.8) is 0 Å². The van der Waals surface area contributed by atoms with Gasteiger partial charge in [-0.2, -0.15) is 0 Å². The van der Waals surface area contributed by atoms with Gasteiger partial charge in [-0.1, -0.05) is 0 Å². The lowest BCUT2D eigenvalue weighted by atomic mass is 10.6. The molecule has 1 heterocycles. The highest BCUT2D eigenvalue weighted by molar-refractivity contribution is 7.13. The van der Waals surface area contributed by atoms with Gasteiger partial charge in [-0.3, -0.25) is 0 Å². The summed E-state index contributed by atoms with van der Waals surface area (Å²) in [6.45, 7) is 2.41. The maximum absolute atomic E-state index is 5.23. The maximum Gasteiger partial charge on any atom is 0.183 e. The summed E-state index contributed by atoms with van der Waals surface area (Å²) >= 11 is 1.57. The first-order chi connectivity index (χ1) is 4.33. The fraction of sp³-hybridized carbons (Fsp3) is 0.400. The van der Waals surface area contributed by atoms with Crippen LogP contribution in [0, 0.1) is 6.92 Å². The fourth-order valence-electron chi connectivity index (χ4n) is 0.522. The van der Waals surface area contributed by atoms with Gasteiger partial charge in [-0.05, 0) is 6.92 Å². The van der Waals surface area contributed by atoms with Crippen molar-refractivity contribution in [1.29, 1.82) is 0 Å². The molecule has 1 aromatic rings. The summed E-state index contributed by atoms with van der Waals surface area (Å²) in [6.07, 6.45) is 0. The fourth-order valence-corrected chi connectivity index (χ4v) is 1.22. The number of rotatable bonds is 2. The molecule has 0 aliphatic carbocycles. The maximum atomic E-state index is 5.23. The Kier molecular flexibility index (Phi) is 2.02. The van der Waals surface area contributed by atoms with Gasteiger partial charge in [0.2, 0.25) is 0 Å². The summed E-state index contributed by atoms with van der Waals surface area (Å²) in [5.41, 5.74) is 6.26. The number of thiazole rings is 1. The van der Waals surface area contributed by atoms with E-state index in [9.17, 15) is 0 Å². The quantitative estimate of drug-likeness (QED) is 0.601. The van der Waals surface area contributed by atoms with Crippen LogP contribution in [-0.2, 0) is 0 Å². The van der Waals surface area contributed by atoms with Crippen molar-refractivity contribution in [3.05, 3.63) is 11.1 Å². The number of nitrogens with zero attached hydrogens (tertiary/aromatic N) is 1. The lowest BCUT2D eigenvalue weighted by molar-refractivity contribution is 1.12. The van der Waals surface area contributed by atoms with Crippen LogP contribution in [0.15, 0.2) is 5.38 Å². The second-order valence-electron chi connectivity index (χ2n) is 1.67. The number of anilines is 1. The van der Waals surface area contributed by atoms with Gasteiger partial charge in [0, 0.05) is 5.38 Å². The zero-order valence-electron chi connectivity index (χ0n) is 5.22. The molecular formula is C5H9N3S. The molecule has 9 heavy (non-hydrogen) atoms.